The maximum atomic E-state index is 6.02. The molecule has 35 heavy (non-hydrogen) atoms. The Bertz CT molecular complexity index is 1380. The van der Waals surface area contributed by atoms with Crippen molar-refractivity contribution >= 4 is 62.6 Å². The lowest BCUT2D eigenvalue weighted by molar-refractivity contribution is 0.0346. The molecule has 1 aliphatic heterocycles. The van der Waals surface area contributed by atoms with Crippen LogP contribution in [0.25, 0.3) is 10.2 Å². The number of hydrogen-bond acceptors (Lipinski definition) is 5. The molecule has 8 heteroatoms. The number of thiocarbonyl (C=S) groups is 1. The van der Waals surface area contributed by atoms with E-state index in [-0.39, 0.29) is 0 Å². The van der Waals surface area contributed by atoms with Crippen LogP contribution in [0.5, 0.6) is 0 Å². The molecule has 1 aliphatic rings. The van der Waals surface area contributed by atoms with Crippen molar-refractivity contribution in [1.29, 1.82) is 0 Å². The number of ether oxygens (including phenoxy) is 1. The third kappa shape index (κ3) is 6.00. The summed E-state index contributed by atoms with van der Waals surface area (Å²) in [5.41, 5.74) is 3.25. The van der Waals surface area contributed by atoms with Crippen LogP contribution in [-0.2, 0) is 24.4 Å². The number of benzene rings is 2. The van der Waals surface area contributed by atoms with Crippen molar-refractivity contribution in [2.75, 3.05) is 26.3 Å². The Balaban J connectivity index is 1.47. The van der Waals surface area contributed by atoms with Gasteiger partial charge in [-0.05, 0) is 29.3 Å². The van der Waals surface area contributed by atoms with E-state index in [1.807, 2.05) is 41.7 Å². The van der Waals surface area contributed by atoms with Crippen LogP contribution in [0.4, 0.5) is 0 Å². The van der Waals surface area contributed by atoms with Gasteiger partial charge in [0.15, 0.2) is 0 Å². The second-order valence-corrected chi connectivity index (χ2v) is 11.0. The minimum absolute atomic E-state index is 0.618. The van der Waals surface area contributed by atoms with Gasteiger partial charge < -0.3 is 14.6 Å². The highest BCUT2D eigenvalue weighted by atomic mass is 35.5. The molecule has 2 aromatic heterocycles. The van der Waals surface area contributed by atoms with E-state index in [1.165, 1.54) is 15.3 Å². The number of pyridine rings is 1. The molecule has 1 saturated heterocycles. The normalized spacial score (nSPS) is 14.3. The summed E-state index contributed by atoms with van der Waals surface area (Å²) in [5.74, 6) is 0. The summed E-state index contributed by atoms with van der Waals surface area (Å²) >= 11 is 19.6. The van der Waals surface area contributed by atoms with E-state index in [9.17, 15) is 0 Å². The van der Waals surface area contributed by atoms with E-state index in [0.717, 1.165) is 65.4 Å². The van der Waals surface area contributed by atoms with Gasteiger partial charge in [-0.25, -0.2) is 0 Å². The highest BCUT2D eigenvalue weighted by Gasteiger charge is 2.17. The molecule has 0 unspecified atom stereocenters. The fourth-order valence-corrected chi connectivity index (χ4v) is 6.19. The van der Waals surface area contributed by atoms with Crippen LogP contribution < -0.4 is 5.32 Å². The molecular formula is C27H26ClN3OS3. The summed E-state index contributed by atoms with van der Waals surface area (Å²) in [4.78, 5) is 5.60. The van der Waals surface area contributed by atoms with Gasteiger partial charge in [0.1, 0.15) is 9.82 Å². The Morgan fingerprint density at radius 1 is 1.00 bits per heavy atom. The number of halogens is 1. The number of morpholine rings is 1. The SMILES string of the molecule is S=C(NCc1ccc(Cl)cc1)c1cn(Cc2ccccc2)c2sc(CN3CCOCC3)cc2c1=S. The van der Waals surface area contributed by atoms with Gasteiger partial charge in [0.2, 0.25) is 0 Å². The molecule has 1 N–H and O–H groups in total. The Labute approximate surface area is 225 Å². The minimum Gasteiger partial charge on any atom is -0.379 e. The molecule has 1 fully saturated rings. The van der Waals surface area contributed by atoms with Gasteiger partial charge in [-0.15, -0.1) is 11.3 Å². The summed E-state index contributed by atoms with van der Waals surface area (Å²) in [5, 5.41) is 5.21. The first-order valence-corrected chi connectivity index (χ1v) is 13.6. The first kappa shape index (κ1) is 24.6. The molecular weight excluding hydrogens is 514 g/mol. The van der Waals surface area contributed by atoms with E-state index >= 15 is 0 Å². The van der Waals surface area contributed by atoms with Crippen LogP contribution >= 0.6 is 47.4 Å². The average Bonchev–Trinajstić information content (AvgIpc) is 3.31. The maximum absolute atomic E-state index is 6.02. The number of fused-ring (bicyclic) bond motifs is 1. The quantitative estimate of drug-likeness (QED) is 0.273. The van der Waals surface area contributed by atoms with Gasteiger partial charge in [0.25, 0.3) is 0 Å². The summed E-state index contributed by atoms with van der Waals surface area (Å²) < 4.78 is 8.62. The average molecular weight is 540 g/mol. The standard InChI is InChI=1S/C27H26ClN3OS3/c28-21-8-6-19(7-9-21)15-29-26(34)24-18-31(16-20-4-2-1-3-5-20)27-23(25(24)33)14-22(35-27)17-30-10-12-32-13-11-30/h1-9,14,18H,10-13,15-17H2,(H,29,34). The molecule has 4 aromatic rings. The lowest BCUT2D eigenvalue weighted by Gasteiger charge is -2.25. The smallest absolute Gasteiger partial charge is 0.109 e. The van der Waals surface area contributed by atoms with Crippen molar-refractivity contribution in [1.82, 2.24) is 14.8 Å². The Morgan fingerprint density at radius 2 is 1.74 bits per heavy atom. The first-order valence-electron chi connectivity index (χ1n) is 11.6. The van der Waals surface area contributed by atoms with E-state index in [2.05, 4.69) is 51.3 Å². The van der Waals surface area contributed by atoms with Crippen LogP contribution in [0.3, 0.4) is 0 Å². The first-order chi connectivity index (χ1) is 17.1. The van der Waals surface area contributed by atoms with E-state index in [0.29, 0.717) is 11.5 Å². The van der Waals surface area contributed by atoms with Crippen LogP contribution in [0.1, 0.15) is 21.6 Å². The molecule has 3 heterocycles. The highest BCUT2D eigenvalue weighted by Crippen LogP contribution is 2.30. The monoisotopic (exact) mass is 539 g/mol. The molecule has 4 nitrogen and oxygen atoms in total. The molecule has 0 atom stereocenters. The third-order valence-electron chi connectivity index (χ3n) is 6.09. The van der Waals surface area contributed by atoms with Crippen LogP contribution in [-0.4, -0.2) is 40.8 Å². The predicted octanol–water partition coefficient (Wildman–Crippen LogP) is 6.43. The fraction of sp³-hybridized carbons (Fsp3) is 0.259. The maximum Gasteiger partial charge on any atom is 0.109 e. The molecule has 180 valence electrons. The molecule has 0 spiro atoms. The summed E-state index contributed by atoms with van der Waals surface area (Å²) in [6.07, 6.45) is 2.11. The minimum atomic E-state index is 0.618. The molecule has 0 bridgehead atoms. The zero-order valence-corrected chi connectivity index (χ0v) is 22.4. The van der Waals surface area contributed by atoms with E-state index in [1.54, 1.807) is 0 Å². The number of nitrogens with zero attached hydrogens (tertiary/aromatic N) is 2. The Kier molecular flexibility index (Phi) is 7.92. The zero-order chi connectivity index (χ0) is 24.2. The van der Waals surface area contributed by atoms with E-state index < -0.39 is 0 Å². The topological polar surface area (TPSA) is 29.4 Å². The van der Waals surface area contributed by atoms with Crippen LogP contribution in [0.15, 0.2) is 66.9 Å². The van der Waals surface area contributed by atoms with E-state index in [4.69, 9.17) is 40.8 Å². The number of thiophene rings is 1. The highest BCUT2D eigenvalue weighted by molar-refractivity contribution is 7.80. The van der Waals surface area contributed by atoms with Gasteiger partial charge >= 0.3 is 0 Å². The zero-order valence-electron chi connectivity index (χ0n) is 19.2. The second kappa shape index (κ2) is 11.3. The van der Waals surface area contributed by atoms with Crippen molar-refractivity contribution in [3.05, 3.63) is 98.0 Å². The Hall–Kier alpha value is -2.13. The van der Waals surface area contributed by atoms with Crippen molar-refractivity contribution in [3.63, 3.8) is 0 Å². The second-order valence-electron chi connectivity index (χ2n) is 8.61. The Morgan fingerprint density at radius 3 is 2.49 bits per heavy atom. The molecule has 0 amide bonds. The largest absolute Gasteiger partial charge is 0.379 e. The summed E-state index contributed by atoms with van der Waals surface area (Å²) in [6.45, 7) is 5.81. The number of rotatable bonds is 7. The number of aromatic nitrogens is 1. The third-order valence-corrected chi connectivity index (χ3v) is 8.30. The van der Waals surface area contributed by atoms with Crippen molar-refractivity contribution in [2.45, 2.75) is 19.6 Å². The van der Waals surface area contributed by atoms with Crippen molar-refractivity contribution in [2.24, 2.45) is 0 Å². The van der Waals surface area contributed by atoms with Gasteiger partial charge in [-0.2, -0.15) is 0 Å². The van der Waals surface area contributed by atoms with Crippen molar-refractivity contribution in [3.8, 4) is 0 Å². The van der Waals surface area contributed by atoms with Gasteiger partial charge in [0, 0.05) is 59.8 Å². The van der Waals surface area contributed by atoms with Gasteiger partial charge in [-0.3, -0.25) is 4.90 Å². The summed E-state index contributed by atoms with van der Waals surface area (Å²) in [7, 11) is 0. The molecule has 2 aromatic carbocycles. The number of nitrogens with one attached hydrogen (secondary N) is 1. The lowest BCUT2D eigenvalue weighted by atomic mass is 10.1. The molecule has 0 saturated carbocycles. The van der Waals surface area contributed by atoms with Gasteiger partial charge in [0.05, 0.1) is 17.7 Å². The fourth-order valence-electron chi connectivity index (χ4n) is 4.22. The van der Waals surface area contributed by atoms with Crippen molar-refractivity contribution < 1.29 is 4.74 Å². The van der Waals surface area contributed by atoms with Gasteiger partial charge in [-0.1, -0.05) is 78.5 Å². The molecule has 5 rings (SSSR count). The molecule has 0 aliphatic carbocycles. The van der Waals surface area contributed by atoms with Crippen LogP contribution in [0.2, 0.25) is 5.02 Å². The predicted molar refractivity (Wildman–Crippen MR) is 152 cm³/mol. The summed E-state index contributed by atoms with van der Waals surface area (Å²) in [6, 6.07) is 20.5. The lowest BCUT2D eigenvalue weighted by Crippen LogP contribution is -2.35. The van der Waals surface area contributed by atoms with Crippen LogP contribution in [0, 0.1) is 4.51 Å². The molecule has 0 radical (unpaired) electrons. The number of hydrogen-bond donors (Lipinski definition) is 1.